The van der Waals surface area contributed by atoms with Crippen molar-refractivity contribution in [2.75, 3.05) is 19.7 Å². The van der Waals surface area contributed by atoms with Crippen molar-refractivity contribution in [3.05, 3.63) is 48.1 Å². The van der Waals surface area contributed by atoms with Crippen molar-refractivity contribution in [1.29, 1.82) is 0 Å². The van der Waals surface area contributed by atoms with Crippen LogP contribution < -0.4 is 16.0 Å². The Labute approximate surface area is 175 Å². The Kier molecular flexibility index (Phi) is 11.5. The van der Waals surface area contributed by atoms with Gasteiger partial charge in [-0.1, -0.05) is 24.8 Å². The summed E-state index contributed by atoms with van der Waals surface area (Å²) in [5, 5.41) is 6.19. The summed E-state index contributed by atoms with van der Waals surface area (Å²) in [6, 6.07) is 0. The Hall–Kier alpha value is -1.95. The van der Waals surface area contributed by atoms with Gasteiger partial charge in [0.05, 0.1) is 11.3 Å². The van der Waals surface area contributed by atoms with E-state index < -0.39 is 35.5 Å². The molecule has 2 atom stereocenters. The lowest BCUT2D eigenvalue weighted by Gasteiger charge is -2.27. The minimum Gasteiger partial charge on any atom is -0.491 e. The molecule has 1 fully saturated rings. The molecule has 0 aromatic heterocycles. The molecule has 12 heteroatoms. The molecule has 7 nitrogen and oxygen atoms in total. The fourth-order valence-electron chi connectivity index (χ4n) is 1.80. The SMILES string of the molecule is C=C(CCNC(=O)CO/C=C/C=C(/Cl)C(=C)F)NC(=O)C1CNC(C(F)F)SO1. The maximum Gasteiger partial charge on any atom is 0.265 e. The molecule has 1 aliphatic rings. The molecule has 0 aromatic carbocycles. The summed E-state index contributed by atoms with van der Waals surface area (Å²) >= 11 is 5.99. The van der Waals surface area contributed by atoms with E-state index in [1.807, 2.05) is 0 Å². The van der Waals surface area contributed by atoms with Crippen molar-refractivity contribution in [2.45, 2.75) is 24.3 Å². The molecule has 1 saturated heterocycles. The van der Waals surface area contributed by atoms with E-state index in [0.29, 0.717) is 17.7 Å². The molecule has 29 heavy (non-hydrogen) atoms. The molecule has 2 unspecified atom stereocenters. The molecule has 0 aliphatic carbocycles. The van der Waals surface area contributed by atoms with Gasteiger partial charge < -0.3 is 15.4 Å². The molecule has 0 saturated carbocycles. The predicted molar refractivity (Wildman–Crippen MR) is 104 cm³/mol. The molecule has 162 valence electrons. The Balaban J connectivity index is 2.17. The van der Waals surface area contributed by atoms with Gasteiger partial charge in [-0.2, -0.15) is 0 Å². The first-order valence-corrected chi connectivity index (χ1v) is 9.46. The van der Waals surface area contributed by atoms with Crippen LogP contribution in [0.15, 0.2) is 48.1 Å². The zero-order chi connectivity index (χ0) is 21.8. The minimum absolute atomic E-state index is 0.0530. The number of amides is 2. The normalized spacial score (nSPS) is 19.8. The Morgan fingerprint density at radius 2 is 2.14 bits per heavy atom. The van der Waals surface area contributed by atoms with E-state index in [-0.39, 0.29) is 31.1 Å². The standard InChI is InChI=1S/C17H21ClF3N3O4S/c1-10(24-16(26)13-8-23-17(15(20)21)29-28-13)5-6-22-14(25)9-27-7-3-4-12(18)11(2)19/h3-4,7,13,15,17,23H,1-2,5-6,8-9H2,(H,22,25)(H,24,26)/b7-3+,12-4+. The molecule has 2 amide bonds. The summed E-state index contributed by atoms with van der Waals surface area (Å²) in [6.07, 6.45) is 0.398. The summed E-state index contributed by atoms with van der Waals surface area (Å²) < 4.78 is 47.5. The zero-order valence-corrected chi connectivity index (χ0v) is 16.8. The minimum atomic E-state index is -2.61. The summed E-state index contributed by atoms with van der Waals surface area (Å²) in [6.45, 7) is 6.52. The molecule has 3 N–H and O–H groups in total. The lowest BCUT2D eigenvalue weighted by Crippen LogP contribution is -2.49. The summed E-state index contributed by atoms with van der Waals surface area (Å²) in [5.74, 6) is -1.73. The van der Waals surface area contributed by atoms with Crippen molar-refractivity contribution in [3.8, 4) is 0 Å². The maximum absolute atomic E-state index is 12.6. The molecule has 1 rings (SSSR count). The van der Waals surface area contributed by atoms with Crippen LogP contribution in [0.3, 0.4) is 0 Å². The van der Waals surface area contributed by atoms with Gasteiger partial charge in [0.2, 0.25) is 0 Å². The number of carbonyl (C=O) groups is 2. The fraction of sp³-hybridized carbons (Fsp3) is 0.412. The van der Waals surface area contributed by atoms with Crippen molar-refractivity contribution >= 4 is 35.5 Å². The largest absolute Gasteiger partial charge is 0.491 e. The molecule has 1 aliphatic heterocycles. The fourth-order valence-corrected chi connectivity index (χ4v) is 2.53. The van der Waals surface area contributed by atoms with Crippen LogP contribution in [0.1, 0.15) is 6.42 Å². The number of allylic oxidation sites excluding steroid dienone is 4. The average Bonchev–Trinajstić information content (AvgIpc) is 2.67. The van der Waals surface area contributed by atoms with E-state index in [4.69, 9.17) is 20.5 Å². The highest BCUT2D eigenvalue weighted by Crippen LogP contribution is 2.23. The van der Waals surface area contributed by atoms with Gasteiger partial charge in [0.15, 0.2) is 12.7 Å². The van der Waals surface area contributed by atoms with Crippen molar-refractivity contribution in [3.63, 3.8) is 0 Å². The third kappa shape index (κ3) is 10.4. The lowest BCUT2D eigenvalue weighted by molar-refractivity contribution is -0.127. The van der Waals surface area contributed by atoms with E-state index >= 15 is 0 Å². The smallest absolute Gasteiger partial charge is 0.265 e. The number of ether oxygens (including phenoxy) is 1. The van der Waals surface area contributed by atoms with E-state index in [9.17, 15) is 22.8 Å². The maximum atomic E-state index is 12.6. The van der Waals surface area contributed by atoms with E-state index in [2.05, 4.69) is 29.1 Å². The van der Waals surface area contributed by atoms with Crippen LogP contribution in [-0.2, 0) is 18.5 Å². The number of hydrogen-bond donors (Lipinski definition) is 3. The number of halogens is 4. The van der Waals surface area contributed by atoms with Crippen LogP contribution in [-0.4, -0.2) is 49.4 Å². The van der Waals surface area contributed by atoms with Gasteiger partial charge in [0.1, 0.15) is 11.2 Å². The van der Waals surface area contributed by atoms with Crippen molar-refractivity contribution in [1.82, 2.24) is 16.0 Å². The first-order valence-electron chi connectivity index (χ1n) is 8.28. The molecular formula is C17H21ClF3N3O4S. The van der Waals surface area contributed by atoms with Gasteiger partial charge in [-0.05, 0) is 12.2 Å². The van der Waals surface area contributed by atoms with Crippen LogP contribution in [0, 0.1) is 0 Å². The summed E-state index contributed by atoms with van der Waals surface area (Å²) in [4.78, 5) is 23.6. The number of carbonyl (C=O) groups excluding carboxylic acids is 2. The second-order valence-corrected chi connectivity index (χ2v) is 6.90. The number of alkyl halides is 2. The summed E-state index contributed by atoms with van der Waals surface area (Å²) in [7, 11) is 0. The Morgan fingerprint density at radius 3 is 2.72 bits per heavy atom. The molecule has 1 heterocycles. The highest BCUT2D eigenvalue weighted by Gasteiger charge is 2.32. The molecule has 0 aromatic rings. The first kappa shape index (κ1) is 25.1. The number of nitrogens with one attached hydrogen (secondary N) is 3. The second-order valence-electron chi connectivity index (χ2n) is 5.60. The van der Waals surface area contributed by atoms with Crippen LogP contribution in [0.5, 0.6) is 0 Å². The zero-order valence-electron chi connectivity index (χ0n) is 15.3. The van der Waals surface area contributed by atoms with Gasteiger partial charge in [-0.15, -0.1) is 0 Å². The van der Waals surface area contributed by atoms with Crippen LogP contribution in [0.2, 0.25) is 0 Å². The third-order valence-corrected chi connectivity index (χ3v) is 4.50. The van der Waals surface area contributed by atoms with Gasteiger partial charge in [-0.3, -0.25) is 19.1 Å². The van der Waals surface area contributed by atoms with Gasteiger partial charge in [0, 0.05) is 37.3 Å². The second kappa shape index (κ2) is 13.3. The monoisotopic (exact) mass is 455 g/mol. The van der Waals surface area contributed by atoms with E-state index in [1.54, 1.807) is 0 Å². The first-order chi connectivity index (χ1) is 13.7. The summed E-state index contributed by atoms with van der Waals surface area (Å²) in [5.41, 5.74) is 0.326. The van der Waals surface area contributed by atoms with Crippen molar-refractivity contribution < 1.29 is 31.7 Å². The predicted octanol–water partition coefficient (Wildman–Crippen LogP) is 2.49. The van der Waals surface area contributed by atoms with Gasteiger partial charge >= 0.3 is 0 Å². The highest BCUT2D eigenvalue weighted by molar-refractivity contribution is 7.95. The van der Waals surface area contributed by atoms with Crippen LogP contribution >= 0.6 is 23.6 Å². The van der Waals surface area contributed by atoms with Gasteiger partial charge in [0.25, 0.3) is 18.2 Å². The van der Waals surface area contributed by atoms with Crippen LogP contribution in [0.25, 0.3) is 0 Å². The number of hydrogen-bond acceptors (Lipinski definition) is 6. The van der Waals surface area contributed by atoms with Crippen molar-refractivity contribution in [2.24, 2.45) is 0 Å². The topological polar surface area (TPSA) is 88.7 Å². The Morgan fingerprint density at radius 1 is 1.41 bits per heavy atom. The molecule has 0 radical (unpaired) electrons. The molecule has 0 bridgehead atoms. The molecular weight excluding hydrogens is 435 g/mol. The van der Waals surface area contributed by atoms with E-state index in [0.717, 1.165) is 0 Å². The number of rotatable bonds is 11. The third-order valence-electron chi connectivity index (χ3n) is 3.24. The van der Waals surface area contributed by atoms with Crippen LogP contribution in [0.4, 0.5) is 13.2 Å². The van der Waals surface area contributed by atoms with Gasteiger partial charge in [-0.25, -0.2) is 13.2 Å². The highest BCUT2D eigenvalue weighted by atomic mass is 35.5. The lowest BCUT2D eigenvalue weighted by atomic mass is 10.2. The average molecular weight is 456 g/mol. The van der Waals surface area contributed by atoms with E-state index in [1.165, 1.54) is 18.4 Å². The molecule has 0 spiro atoms. The Bertz CT molecular complexity index is 668. The quantitative estimate of drug-likeness (QED) is 0.252.